The van der Waals surface area contributed by atoms with Crippen molar-refractivity contribution in [3.8, 4) is 0 Å². The Balaban J connectivity index is 1.41. The van der Waals surface area contributed by atoms with E-state index in [4.69, 9.17) is 0 Å². The lowest BCUT2D eigenvalue weighted by Gasteiger charge is -2.19. The molecule has 4 rings (SSSR count). The fourth-order valence-corrected chi connectivity index (χ4v) is 4.07. The number of carbonyl (C=O) groups excluding carboxylic acids is 1. The predicted molar refractivity (Wildman–Crippen MR) is 94.8 cm³/mol. The van der Waals surface area contributed by atoms with E-state index in [1.165, 1.54) is 12.8 Å². The van der Waals surface area contributed by atoms with Gasteiger partial charge in [-0.15, -0.1) is 0 Å². The monoisotopic (exact) mass is 342 g/mol. The van der Waals surface area contributed by atoms with E-state index in [0.717, 1.165) is 37.7 Å². The number of nitrogens with zero attached hydrogens (tertiary/aromatic N) is 1. The van der Waals surface area contributed by atoms with Crippen molar-refractivity contribution in [2.45, 2.75) is 62.9 Å². The lowest BCUT2D eigenvalue weighted by Crippen LogP contribution is -2.34. The second kappa shape index (κ2) is 6.70. The lowest BCUT2D eigenvalue weighted by molar-refractivity contribution is 0.0937. The Bertz CT molecular complexity index is 665. The number of nitrogens with one attached hydrogen (secondary N) is 1. The molecule has 0 radical (unpaired) electrons. The number of carboxylic acid groups (broad SMARTS) is 1. The fourth-order valence-electron chi connectivity index (χ4n) is 4.07. The summed E-state index contributed by atoms with van der Waals surface area (Å²) >= 11 is 0. The molecule has 0 aromatic heterocycles. The first-order chi connectivity index (χ1) is 12.1. The highest BCUT2D eigenvalue weighted by atomic mass is 16.4. The fraction of sp³-hybridized carbons (Fsp3) is 0.600. The maximum atomic E-state index is 12.5. The zero-order valence-electron chi connectivity index (χ0n) is 14.5. The van der Waals surface area contributed by atoms with Crippen LogP contribution in [-0.2, 0) is 0 Å². The van der Waals surface area contributed by atoms with Gasteiger partial charge < -0.3 is 15.3 Å². The highest BCUT2D eigenvalue weighted by Crippen LogP contribution is 2.46. The summed E-state index contributed by atoms with van der Waals surface area (Å²) < 4.78 is 0. The third-order valence-corrected chi connectivity index (χ3v) is 5.82. The van der Waals surface area contributed by atoms with E-state index in [-0.39, 0.29) is 17.9 Å². The van der Waals surface area contributed by atoms with E-state index in [1.54, 1.807) is 4.90 Å². The summed E-state index contributed by atoms with van der Waals surface area (Å²) in [5, 5.41) is 12.6. The molecule has 5 nitrogen and oxygen atoms in total. The van der Waals surface area contributed by atoms with Crippen molar-refractivity contribution < 1.29 is 14.7 Å². The van der Waals surface area contributed by atoms with Crippen molar-refractivity contribution in [1.29, 1.82) is 0 Å². The average Bonchev–Trinajstić information content (AvgIpc) is 3.52. The summed E-state index contributed by atoms with van der Waals surface area (Å²) in [6.07, 6.45) is 6.90. The maximum absolute atomic E-state index is 12.5. The summed E-state index contributed by atoms with van der Waals surface area (Å²) in [7, 11) is 0. The van der Waals surface area contributed by atoms with Gasteiger partial charge in [-0.05, 0) is 55.7 Å². The van der Waals surface area contributed by atoms with Gasteiger partial charge in [-0.2, -0.15) is 0 Å². The normalized spacial score (nSPS) is 25.6. The molecule has 0 bridgehead atoms. The quantitative estimate of drug-likeness (QED) is 0.830. The number of hydrogen-bond donors (Lipinski definition) is 2. The Morgan fingerprint density at radius 3 is 2.60 bits per heavy atom. The van der Waals surface area contributed by atoms with Crippen molar-refractivity contribution >= 4 is 12.0 Å². The van der Waals surface area contributed by atoms with Crippen LogP contribution in [0.25, 0.3) is 0 Å². The van der Waals surface area contributed by atoms with Crippen LogP contribution in [0.5, 0.6) is 0 Å². The second-order valence-corrected chi connectivity index (χ2v) is 7.87. The van der Waals surface area contributed by atoms with Crippen LogP contribution in [0.3, 0.4) is 0 Å². The SMILES string of the molecule is O=C(NC1CCCC1)c1cccc([C@@H]2C[C@H]2N(CC2CC2)C(=O)O)c1. The van der Waals surface area contributed by atoms with Crippen molar-refractivity contribution in [1.82, 2.24) is 10.2 Å². The van der Waals surface area contributed by atoms with Crippen LogP contribution in [0.4, 0.5) is 4.79 Å². The van der Waals surface area contributed by atoms with E-state index in [1.807, 2.05) is 24.3 Å². The molecule has 0 saturated heterocycles. The molecule has 0 heterocycles. The van der Waals surface area contributed by atoms with E-state index in [0.29, 0.717) is 24.1 Å². The third kappa shape index (κ3) is 3.80. The molecular formula is C20H26N2O3. The Morgan fingerprint density at radius 2 is 1.92 bits per heavy atom. The highest BCUT2D eigenvalue weighted by Gasteiger charge is 2.46. The number of amides is 2. The van der Waals surface area contributed by atoms with Crippen LogP contribution >= 0.6 is 0 Å². The van der Waals surface area contributed by atoms with Crippen LogP contribution < -0.4 is 5.32 Å². The number of carbonyl (C=O) groups is 2. The topological polar surface area (TPSA) is 69.6 Å². The predicted octanol–water partition coefficient (Wildman–Crippen LogP) is 3.60. The molecule has 3 fully saturated rings. The van der Waals surface area contributed by atoms with Crippen molar-refractivity contribution in [3.05, 3.63) is 35.4 Å². The average molecular weight is 342 g/mol. The second-order valence-electron chi connectivity index (χ2n) is 7.87. The lowest BCUT2D eigenvalue weighted by atomic mass is 10.1. The number of hydrogen-bond acceptors (Lipinski definition) is 2. The van der Waals surface area contributed by atoms with Crippen LogP contribution in [0.15, 0.2) is 24.3 Å². The van der Waals surface area contributed by atoms with E-state index < -0.39 is 6.09 Å². The Morgan fingerprint density at radius 1 is 1.16 bits per heavy atom. The molecule has 0 spiro atoms. The van der Waals surface area contributed by atoms with Crippen LogP contribution in [-0.4, -0.2) is 40.6 Å². The minimum atomic E-state index is -0.811. The molecule has 3 aliphatic carbocycles. The Labute approximate surface area is 148 Å². The molecule has 25 heavy (non-hydrogen) atoms. The molecule has 2 atom stereocenters. The highest BCUT2D eigenvalue weighted by molar-refractivity contribution is 5.94. The first kappa shape index (κ1) is 16.4. The van der Waals surface area contributed by atoms with Gasteiger partial charge in [0.2, 0.25) is 0 Å². The van der Waals surface area contributed by atoms with Crippen molar-refractivity contribution in [3.63, 3.8) is 0 Å². The Hall–Kier alpha value is -2.04. The first-order valence-electron chi connectivity index (χ1n) is 9.52. The summed E-state index contributed by atoms with van der Waals surface area (Å²) in [5.74, 6) is 0.786. The molecular weight excluding hydrogens is 316 g/mol. The van der Waals surface area contributed by atoms with Gasteiger partial charge >= 0.3 is 6.09 Å². The van der Waals surface area contributed by atoms with Crippen molar-refractivity contribution in [2.24, 2.45) is 5.92 Å². The van der Waals surface area contributed by atoms with Gasteiger partial charge in [0.25, 0.3) is 5.91 Å². The summed E-state index contributed by atoms with van der Waals surface area (Å²) in [6.45, 7) is 0.665. The third-order valence-electron chi connectivity index (χ3n) is 5.82. The van der Waals surface area contributed by atoms with Gasteiger partial charge in [-0.3, -0.25) is 4.79 Å². The largest absolute Gasteiger partial charge is 0.465 e. The molecule has 0 aliphatic heterocycles. The minimum absolute atomic E-state index is 0.000906. The molecule has 1 aromatic carbocycles. The van der Waals surface area contributed by atoms with E-state index in [2.05, 4.69) is 5.32 Å². The number of benzene rings is 1. The van der Waals surface area contributed by atoms with E-state index in [9.17, 15) is 14.7 Å². The smallest absolute Gasteiger partial charge is 0.407 e. The molecule has 1 aromatic rings. The molecule has 2 amide bonds. The molecule has 5 heteroatoms. The summed E-state index contributed by atoms with van der Waals surface area (Å²) in [6, 6.07) is 8.13. The summed E-state index contributed by atoms with van der Waals surface area (Å²) in [5.41, 5.74) is 1.78. The van der Waals surface area contributed by atoms with Gasteiger partial charge in [-0.1, -0.05) is 25.0 Å². The standard InChI is InChI=1S/C20H26N2O3/c23-19(21-16-6-1-2-7-16)15-5-3-4-14(10-15)17-11-18(17)22(20(24)25)12-13-8-9-13/h3-5,10,13,16-18H,1-2,6-9,11-12H2,(H,21,23)(H,24,25)/t17-,18+/m0/s1. The zero-order valence-corrected chi connectivity index (χ0v) is 14.5. The molecule has 3 saturated carbocycles. The minimum Gasteiger partial charge on any atom is -0.465 e. The van der Waals surface area contributed by atoms with Gasteiger partial charge in [0.15, 0.2) is 0 Å². The van der Waals surface area contributed by atoms with E-state index >= 15 is 0 Å². The molecule has 0 unspecified atom stereocenters. The first-order valence-corrected chi connectivity index (χ1v) is 9.52. The van der Waals surface area contributed by atoms with Gasteiger partial charge in [0.05, 0.1) is 0 Å². The van der Waals surface area contributed by atoms with Crippen molar-refractivity contribution in [2.75, 3.05) is 6.54 Å². The zero-order chi connectivity index (χ0) is 17.4. The Kier molecular flexibility index (Phi) is 4.40. The van der Waals surface area contributed by atoms with Crippen LogP contribution in [0.2, 0.25) is 0 Å². The molecule has 3 aliphatic rings. The van der Waals surface area contributed by atoms with Gasteiger partial charge in [-0.25, -0.2) is 4.79 Å². The summed E-state index contributed by atoms with van der Waals surface area (Å²) in [4.78, 5) is 25.6. The number of rotatable bonds is 6. The molecule has 2 N–H and O–H groups in total. The van der Waals surface area contributed by atoms with Gasteiger partial charge in [0, 0.05) is 30.1 Å². The van der Waals surface area contributed by atoms with Crippen LogP contribution in [0.1, 0.15) is 66.8 Å². The van der Waals surface area contributed by atoms with Crippen LogP contribution in [0, 0.1) is 5.92 Å². The van der Waals surface area contributed by atoms with Gasteiger partial charge in [0.1, 0.15) is 0 Å². The molecule has 134 valence electrons. The maximum Gasteiger partial charge on any atom is 0.407 e.